The van der Waals surface area contributed by atoms with Crippen LogP contribution in [0, 0.1) is 5.82 Å². The van der Waals surface area contributed by atoms with Crippen molar-refractivity contribution in [3.8, 4) is 11.4 Å². The fourth-order valence-corrected chi connectivity index (χ4v) is 3.51. The summed E-state index contributed by atoms with van der Waals surface area (Å²) in [4.78, 5) is 19.0. The zero-order valence-corrected chi connectivity index (χ0v) is 16.5. The number of likely N-dealkylation sites (tertiary alicyclic amines) is 1. The van der Waals surface area contributed by atoms with E-state index < -0.39 is 0 Å². The second kappa shape index (κ2) is 8.10. The lowest BCUT2D eigenvalue weighted by atomic mass is 10.0. The molecule has 144 valence electrons. The van der Waals surface area contributed by atoms with Gasteiger partial charge in [0.2, 0.25) is 11.7 Å². The number of nitrogens with one attached hydrogen (secondary N) is 1. The Bertz CT molecular complexity index is 959. The van der Waals surface area contributed by atoms with Gasteiger partial charge in [-0.1, -0.05) is 21.1 Å². The number of hydrogen-bond donors (Lipinski definition) is 1. The molecule has 0 radical (unpaired) electrons. The summed E-state index contributed by atoms with van der Waals surface area (Å²) in [5.74, 6) is 0.453. The highest BCUT2D eigenvalue weighted by Crippen LogP contribution is 2.31. The molecule has 2 amide bonds. The Morgan fingerprint density at radius 1 is 1.14 bits per heavy atom. The van der Waals surface area contributed by atoms with Crippen LogP contribution in [-0.4, -0.2) is 27.6 Å². The van der Waals surface area contributed by atoms with Gasteiger partial charge in [0.15, 0.2) is 0 Å². The summed E-state index contributed by atoms with van der Waals surface area (Å²) in [6.45, 7) is 0.612. The van der Waals surface area contributed by atoms with Gasteiger partial charge in [-0.05, 0) is 67.8 Å². The molecule has 1 fully saturated rings. The van der Waals surface area contributed by atoms with Crippen LogP contribution < -0.4 is 5.32 Å². The largest absolute Gasteiger partial charge is 0.337 e. The van der Waals surface area contributed by atoms with E-state index >= 15 is 0 Å². The quantitative estimate of drug-likeness (QED) is 0.586. The number of carbonyl (C=O) groups excluding carboxylic acids is 1. The minimum Gasteiger partial charge on any atom is -0.337 e. The number of benzene rings is 2. The Hall–Kier alpha value is -2.74. The summed E-state index contributed by atoms with van der Waals surface area (Å²) in [5, 5.41) is 6.92. The maximum atomic E-state index is 13.1. The first-order valence-electron chi connectivity index (χ1n) is 9.03. The van der Waals surface area contributed by atoms with Gasteiger partial charge in [-0.3, -0.25) is 0 Å². The number of anilines is 1. The molecule has 1 N–H and O–H groups in total. The molecule has 1 aliphatic heterocycles. The van der Waals surface area contributed by atoms with Crippen molar-refractivity contribution < 1.29 is 13.7 Å². The van der Waals surface area contributed by atoms with Gasteiger partial charge in [0.05, 0.1) is 0 Å². The standard InChI is InChI=1S/C20H18BrFN4O2/c21-14-6-10-16(11-7-14)23-20(27)26-12-2-1-3-17(26)19-24-18(25-28-19)13-4-8-15(22)9-5-13/h4-11,17H,1-3,12H2,(H,23,27). The summed E-state index contributed by atoms with van der Waals surface area (Å²) in [6, 6.07) is 12.8. The lowest BCUT2D eigenvalue weighted by molar-refractivity contribution is 0.142. The smallest absolute Gasteiger partial charge is 0.322 e. The Morgan fingerprint density at radius 2 is 1.89 bits per heavy atom. The number of aromatic nitrogens is 2. The molecule has 4 rings (SSSR count). The summed E-state index contributed by atoms with van der Waals surface area (Å²) < 4.78 is 19.5. The topological polar surface area (TPSA) is 71.3 Å². The molecule has 6 nitrogen and oxygen atoms in total. The van der Waals surface area contributed by atoms with E-state index in [0.717, 1.165) is 29.4 Å². The molecular formula is C20H18BrFN4O2. The monoisotopic (exact) mass is 444 g/mol. The summed E-state index contributed by atoms with van der Waals surface area (Å²) in [5.41, 5.74) is 1.38. The van der Waals surface area contributed by atoms with Crippen LogP contribution in [0.1, 0.15) is 31.2 Å². The Kier molecular flexibility index (Phi) is 5.38. The molecule has 1 unspecified atom stereocenters. The highest BCUT2D eigenvalue weighted by atomic mass is 79.9. The van der Waals surface area contributed by atoms with E-state index in [-0.39, 0.29) is 17.9 Å². The van der Waals surface area contributed by atoms with Crippen LogP contribution in [0.25, 0.3) is 11.4 Å². The third-order valence-electron chi connectivity index (χ3n) is 4.69. The van der Waals surface area contributed by atoms with E-state index in [2.05, 4.69) is 31.4 Å². The first kappa shape index (κ1) is 18.6. The van der Waals surface area contributed by atoms with Crippen LogP contribution in [0.15, 0.2) is 57.5 Å². The molecule has 2 aromatic carbocycles. The maximum absolute atomic E-state index is 13.1. The van der Waals surface area contributed by atoms with Crippen LogP contribution in [0.2, 0.25) is 0 Å². The summed E-state index contributed by atoms with van der Waals surface area (Å²) >= 11 is 3.38. The Labute approximate surface area is 169 Å². The van der Waals surface area contributed by atoms with Crippen molar-refractivity contribution in [1.82, 2.24) is 15.0 Å². The van der Waals surface area contributed by atoms with Gasteiger partial charge in [-0.2, -0.15) is 4.98 Å². The predicted molar refractivity (Wildman–Crippen MR) is 106 cm³/mol. The van der Waals surface area contributed by atoms with Gasteiger partial charge in [0, 0.05) is 22.3 Å². The van der Waals surface area contributed by atoms with E-state index in [4.69, 9.17) is 4.52 Å². The van der Waals surface area contributed by atoms with Gasteiger partial charge >= 0.3 is 6.03 Å². The number of nitrogens with zero attached hydrogens (tertiary/aromatic N) is 3. The average molecular weight is 445 g/mol. The van der Waals surface area contributed by atoms with Crippen molar-refractivity contribution in [2.75, 3.05) is 11.9 Å². The van der Waals surface area contributed by atoms with E-state index in [1.54, 1.807) is 17.0 Å². The van der Waals surface area contributed by atoms with E-state index in [1.165, 1.54) is 12.1 Å². The minimum atomic E-state index is -0.324. The van der Waals surface area contributed by atoms with Crippen LogP contribution in [-0.2, 0) is 0 Å². The van der Waals surface area contributed by atoms with Crippen molar-refractivity contribution in [3.63, 3.8) is 0 Å². The molecule has 1 aromatic heterocycles. The Morgan fingerprint density at radius 3 is 2.64 bits per heavy atom. The third kappa shape index (κ3) is 4.06. The molecule has 1 atom stereocenters. The van der Waals surface area contributed by atoms with Gasteiger partial charge in [-0.15, -0.1) is 0 Å². The Balaban J connectivity index is 1.53. The lowest BCUT2D eigenvalue weighted by Gasteiger charge is -2.33. The van der Waals surface area contributed by atoms with Crippen molar-refractivity contribution in [2.24, 2.45) is 0 Å². The van der Waals surface area contributed by atoms with E-state index in [0.29, 0.717) is 23.8 Å². The van der Waals surface area contributed by atoms with Crippen LogP contribution in [0.3, 0.4) is 0 Å². The number of amides is 2. The number of carbonyl (C=O) groups is 1. The molecule has 2 heterocycles. The number of rotatable bonds is 3. The van der Waals surface area contributed by atoms with Gasteiger partial charge in [0.1, 0.15) is 11.9 Å². The van der Waals surface area contributed by atoms with Crippen LogP contribution in [0.5, 0.6) is 0 Å². The van der Waals surface area contributed by atoms with Crippen molar-refractivity contribution >= 4 is 27.6 Å². The zero-order chi connectivity index (χ0) is 19.5. The fourth-order valence-electron chi connectivity index (χ4n) is 3.25. The maximum Gasteiger partial charge on any atom is 0.322 e. The summed E-state index contributed by atoms with van der Waals surface area (Å²) in [6.07, 6.45) is 2.64. The molecule has 1 aliphatic rings. The predicted octanol–water partition coefficient (Wildman–Crippen LogP) is 5.40. The number of urea groups is 1. The van der Waals surface area contributed by atoms with E-state index in [1.807, 2.05) is 24.3 Å². The molecule has 1 saturated heterocycles. The number of hydrogen-bond acceptors (Lipinski definition) is 4. The molecule has 28 heavy (non-hydrogen) atoms. The number of halogens is 2. The second-order valence-electron chi connectivity index (χ2n) is 6.61. The zero-order valence-electron chi connectivity index (χ0n) is 14.9. The highest BCUT2D eigenvalue weighted by Gasteiger charge is 2.32. The molecule has 0 spiro atoms. The highest BCUT2D eigenvalue weighted by molar-refractivity contribution is 9.10. The molecule has 0 aliphatic carbocycles. The average Bonchev–Trinajstić information content (AvgIpc) is 3.20. The van der Waals surface area contributed by atoms with Gasteiger partial charge in [0.25, 0.3) is 0 Å². The lowest BCUT2D eigenvalue weighted by Crippen LogP contribution is -2.41. The molecule has 0 bridgehead atoms. The van der Waals surface area contributed by atoms with Crippen molar-refractivity contribution in [3.05, 3.63) is 64.7 Å². The van der Waals surface area contributed by atoms with Gasteiger partial charge in [-0.25, -0.2) is 9.18 Å². The van der Waals surface area contributed by atoms with Crippen molar-refractivity contribution in [1.29, 1.82) is 0 Å². The molecule has 8 heteroatoms. The van der Waals surface area contributed by atoms with Crippen LogP contribution >= 0.6 is 15.9 Å². The van der Waals surface area contributed by atoms with Crippen LogP contribution in [0.4, 0.5) is 14.9 Å². The number of piperidine rings is 1. The van der Waals surface area contributed by atoms with E-state index in [9.17, 15) is 9.18 Å². The molecule has 3 aromatic rings. The molecular weight excluding hydrogens is 427 g/mol. The minimum absolute atomic E-state index is 0.200. The fraction of sp³-hybridized carbons (Fsp3) is 0.250. The SMILES string of the molecule is O=C(Nc1ccc(Br)cc1)N1CCCCC1c1nc(-c2ccc(F)cc2)no1. The molecule has 0 saturated carbocycles. The van der Waals surface area contributed by atoms with Crippen molar-refractivity contribution in [2.45, 2.75) is 25.3 Å². The second-order valence-corrected chi connectivity index (χ2v) is 7.52. The first-order valence-corrected chi connectivity index (χ1v) is 9.82. The first-order chi connectivity index (χ1) is 13.6. The summed E-state index contributed by atoms with van der Waals surface area (Å²) in [7, 11) is 0. The third-order valence-corrected chi connectivity index (χ3v) is 5.22. The normalized spacial score (nSPS) is 16.8. The van der Waals surface area contributed by atoms with Gasteiger partial charge < -0.3 is 14.7 Å².